The predicted molar refractivity (Wildman–Crippen MR) is 75.6 cm³/mol. The second kappa shape index (κ2) is 7.74. The predicted octanol–water partition coefficient (Wildman–Crippen LogP) is 1.17. The highest BCUT2D eigenvalue weighted by molar-refractivity contribution is 5.78. The molecule has 0 aromatic heterocycles. The van der Waals surface area contributed by atoms with Crippen LogP contribution in [0.2, 0.25) is 0 Å². The minimum atomic E-state index is 0.251. The second-order valence-corrected chi connectivity index (χ2v) is 5.43. The summed E-state index contributed by atoms with van der Waals surface area (Å²) >= 11 is 0. The fourth-order valence-electron chi connectivity index (χ4n) is 2.58. The Balaban J connectivity index is 2.28. The summed E-state index contributed by atoms with van der Waals surface area (Å²) < 4.78 is 0. The van der Waals surface area contributed by atoms with E-state index in [1.165, 1.54) is 12.8 Å². The molecule has 0 radical (unpaired) electrons. The van der Waals surface area contributed by atoms with Crippen molar-refractivity contribution in [1.82, 2.24) is 15.1 Å². The van der Waals surface area contributed by atoms with Crippen molar-refractivity contribution in [3.8, 4) is 0 Å². The monoisotopic (exact) mass is 255 g/mol. The number of hydrogen-bond acceptors (Lipinski definition) is 3. The molecule has 0 aliphatic carbocycles. The quantitative estimate of drug-likeness (QED) is 0.774. The van der Waals surface area contributed by atoms with Crippen LogP contribution in [0.4, 0.5) is 0 Å². The third-order valence-corrected chi connectivity index (χ3v) is 4.19. The van der Waals surface area contributed by atoms with Gasteiger partial charge >= 0.3 is 0 Å². The van der Waals surface area contributed by atoms with Crippen LogP contribution in [0.15, 0.2) is 0 Å². The van der Waals surface area contributed by atoms with Crippen molar-refractivity contribution in [3.63, 3.8) is 0 Å². The number of nitrogens with one attached hydrogen (secondary N) is 1. The smallest absolute Gasteiger partial charge is 0.236 e. The number of hydrogen-bond donors (Lipinski definition) is 1. The SMILES string of the molecule is CCC(CC)C(C)NCC(=O)N1CCN(C)CC1. The molecule has 0 saturated carbocycles. The largest absolute Gasteiger partial charge is 0.339 e. The number of rotatable bonds is 6. The van der Waals surface area contributed by atoms with Gasteiger partial charge in [-0.05, 0) is 19.9 Å². The Morgan fingerprint density at radius 1 is 1.17 bits per heavy atom. The maximum Gasteiger partial charge on any atom is 0.236 e. The van der Waals surface area contributed by atoms with Gasteiger partial charge in [-0.2, -0.15) is 0 Å². The Morgan fingerprint density at radius 3 is 2.22 bits per heavy atom. The van der Waals surface area contributed by atoms with Gasteiger partial charge in [-0.3, -0.25) is 4.79 Å². The molecule has 1 aliphatic heterocycles. The maximum atomic E-state index is 12.1. The molecule has 18 heavy (non-hydrogen) atoms. The molecule has 4 nitrogen and oxygen atoms in total. The summed E-state index contributed by atoms with van der Waals surface area (Å²) in [6, 6.07) is 0.427. The molecule has 1 fully saturated rings. The first kappa shape index (κ1) is 15.4. The van der Waals surface area contributed by atoms with Crippen molar-refractivity contribution in [2.45, 2.75) is 39.7 Å². The highest BCUT2D eigenvalue weighted by Gasteiger charge is 2.20. The van der Waals surface area contributed by atoms with Crippen LogP contribution in [0.1, 0.15) is 33.6 Å². The van der Waals surface area contributed by atoms with Crippen LogP contribution in [0.3, 0.4) is 0 Å². The summed E-state index contributed by atoms with van der Waals surface area (Å²) in [4.78, 5) is 16.3. The number of carbonyl (C=O) groups is 1. The minimum absolute atomic E-state index is 0.251. The highest BCUT2D eigenvalue weighted by Crippen LogP contribution is 2.12. The van der Waals surface area contributed by atoms with Crippen LogP contribution < -0.4 is 5.32 Å². The van der Waals surface area contributed by atoms with Crippen LogP contribution >= 0.6 is 0 Å². The van der Waals surface area contributed by atoms with Gasteiger partial charge in [-0.15, -0.1) is 0 Å². The molecule has 1 aliphatic rings. The molecule has 1 rings (SSSR count). The lowest BCUT2D eigenvalue weighted by atomic mass is 9.95. The molecule has 1 atom stereocenters. The van der Waals surface area contributed by atoms with Crippen LogP contribution in [0.5, 0.6) is 0 Å². The average Bonchev–Trinajstić information content (AvgIpc) is 2.38. The van der Waals surface area contributed by atoms with E-state index in [1.54, 1.807) is 0 Å². The lowest BCUT2D eigenvalue weighted by Crippen LogP contribution is -2.50. The Kier molecular flexibility index (Phi) is 6.65. The molecule has 106 valence electrons. The van der Waals surface area contributed by atoms with Crippen molar-refractivity contribution in [1.29, 1.82) is 0 Å². The molecule has 0 aromatic carbocycles. The lowest BCUT2D eigenvalue weighted by Gasteiger charge is -2.33. The Labute approximate surface area is 112 Å². The number of piperazine rings is 1. The molecule has 1 heterocycles. The van der Waals surface area contributed by atoms with Gasteiger partial charge in [-0.25, -0.2) is 0 Å². The van der Waals surface area contributed by atoms with E-state index in [0.29, 0.717) is 18.5 Å². The average molecular weight is 255 g/mol. The van der Waals surface area contributed by atoms with E-state index in [1.807, 2.05) is 4.90 Å². The first-order valence-corrected chi connectivity index (χ1v) is 7.28. The van der Waals surface area contributed by atoms with Gasteiger partial charge in [0.25, 0.3) is 0 Å². The fourth-order valence-corrected chi connectivity index (χ4v) is 2.58. The molecule has 1 saturated heterocycles. The van der Waals surface area contributed by atoms with E-state index in [0.717, 1.165) is 26.2 Å². The molecular weight excluding hydrogens is 226 g/mol. The van der Waals surface area contributed by atoms with Gasteiger partial charge in [0.05, 0.1) is 6.54 Å². The fraction of sp³-hybridized carbons (Fsp3) is 0.929. The van der Waals surface area contributed by atoms with Crippen molar-refractivity contribution < 1.29 is 4.79 Å². The number of carbonyl (C=O) groups excluding carboxylic acids is 1. The molecule has 0 bridgehead atoms. The van der Waals surface area contributed by atoms with E-state index in [4.69, 9.17) is 0 Å². The molecule has 1 N–H and O–H groups in total. The number of likely N-dealkylation sites (N-methyl/N-ethyl adjacent to an activating group) is 1. The van der Waals surface area contributed by atoms with Crippen molar-refractivity contribution in [3.05, 3.63) is 0 Å². The third kappa shape index (κ3) is 4.58. The first-order valence-electron chi connectivity index (χ1n) is 7.28. The number of nitrogens with zero attached hydrogens (tertiary/aromatic N) is 2. The summed E-state index contributed by atoms with van der Waals surface area (Å²) in [6.07, 6.45) is 2.35. The topological polar surface area (TPSA) is 35.6 Å². The first-order chi connectivity index (χ1) is 8.58. The van der Waals surface area contributed by atoms with Crippen LogP contribution in [0.25, 0.3) is 0 Å². The minimum Gasteiger partial charge on any atom is -0.339 e. The summed E-state index contributed by atoms with van der Waals surface area (Å²) in [7, 11) is 2.11. The highest BCUT2D eigenvalue weighted by atomic mass is 16.2. The lowest BCUT2D eigenvalue weighted by molar-refractivity contribution is -0.132. The molecule has 1 unspecified atom stereocenters. The normalized spacial score (nSPS) is 19.3. The molecule has 0 aromatic rings. The van der Waals surface area contributed by atoms with Gasteiger partial charge < -0.3 is 15.1 Å². The van der Waals surface area contributed by atoms with E-state index in [9.17, 15) is 4.79 Å². The molecule has 1 amide bonds. The molecular formula is C14H29N3O. The maximum absolute atomic E-state index is 12.1. The summed E-state index contributed by atoms with van der Waals surface area (Å²) in [5.74, 6) is 0.922. The summed E-state index contributed by atoms with van der Waals surface area (Å²) in [6.45, 7) is 10.8. The van der Waals surface area contributed by atoms with Crippen molar-refractivity contribution in [2.24, 2.45) is 5.92 Å². The van der Waals surface area contributed by atoms with E-state index >= 15 is 0 Å². The standard InChI is InChI=1S/C14H29N3O/c1-5-13(6-2)12(3)15-11-14(18)17-9-7-16(4)8-10-17/h12-13,15H,5-11H2,1-4H3. The Hall–Kier alpha value is -0.610. The van der Waals surface area contributed by atoms with E-state index in [-0.39, 0.29) is 5.91 Å². The molecule has 4 heteroatoms. The van der Waals surface area contributed by atoms with Crippen LogP contribution in [-0.4, -0.2) is 61.5 Å². The van der Waals surface area contributed by atoms with Gasteiger partial charge in [0.1, 0.15) is 0 Å². The van der Waals surface area contributed by atoms with Gasteiger partial charge in [-0.1, -0.05) is 26.7 Å². The van der Waals surface area contributed by atoms with E-state index < -0.39 is 0 Å². The van der Waals surface area contributed by atoms with Crippen molar-refractivity contribution >= 4 is 5.91 Å². The molecule has 0 spiro atoms. The van der Waals surface area contributed by atoms with Crippen molar-refractivity contribution in [2.75, 3.05) is 39.8 Å². The third-order valence-electron chi connectivity index (χ3n) is 4.19. The van der Waals surface area contributed by atoms with Gasteiger partial charge in [0.2, 0.25) is 5.91 Å². The summed E-state index contributed by atoms with van der Waals surface area (Å²) in [5, 5.41) is 3.39. The van der Waals surface area contributed by atoms with Crippen LogP contribution in [0, 0.1) is 5.92 Å². The zero-order valence-corrected chi connectivity index (χ0v) is 12.4. The Morgan fingerprint density at radius 2 is 1.72 bits per heavy atom. The van der Waals surface area contributed by atoms with Gasteiger partial charge in [0, 0.05) is 32.2 Å². The van der Waals surface area contributed by atoms with E-state index in [2.05, 4.69) is 38.0 Å². The van der Waals surface area contributed by atoms with Gasteiger partial charge in [0.15, 0.2) is 0 Å². The van der Waals surface area contributed by atoms with Crippen LogP contribution in [-0.2, 0) is 4.79 Å². The summed E-state index contributed by atoms with van der Waals surface area (Å²) in [5.41, 5.74) is 0. The zero-order valence-electron chi connectivity index (χ0n) is 12.4. The zero-order chi connectivity index (χ0) is 13.5. The second-order valence-electron chi connectivity index (χ2n) is 5.43. The number of amides is 1. The Bertz CT molecular complexity index is 245.